The molecule has 0 bridgehead atoms. The van der Waals surface area contributed by atoms with E-state index in [9.17, 15) is 14.7 Å². The molecule has 0 saturated carbocycles. The van der Waals surface area contributed by atoms with Gasteiger partial charge >= 0.3 is 5.97 Å². The van der Waals surface area contributed by atoms with Gasteiger partial charge in [-0.3, -0.25) is 4.79 Å². The van der Waals surface area contributed by atoms with E-state index in [0.29, 0.717) is 34.0 Å². The normalized spacial score (nSPS) is 10.6. The summed E-state index contributed by atoms with van der Waals surface area (Å²) in [5, 5.41) is 17.3. The number of hydrogen-bond acceptors (Lipinski definition) is 4. The first-order valence-corrected chi connectivity index (χ1v) is 9.92. The molecule has 0 unspecified atom stereocenters. The van der Waals surface area contributed by atoms with E-state index >= 15 is 0 Å². The van der Waals surface area contributed by atoms with Crippen molar-refractivity contribution in [3.63, 3.8) is 0 Å². The molecular formula is C25H21N3O4. The Hall–Kier alpha value is -4.39. The van der Waals surface area contributed by atoms with Gasteiger partial charge in [0.25, 0.3) is 5.91 Å². The molecule has 1 aromatic heterocycles. The SMILES string of the molecule is COc1ccc(C(=O)Nc2cccc(-c3nn(-c4ccccc4)c(C)c3C(=O)O)c2)cc1. The maximum absolute atomic E-state index is 12.6. The number of rotatable bonds is 6. The van der Waals surface area contributed by atoms with Crippen LogP contribution in [0.1, 0.15) is 26.4 Å². The number of ether oxygens (including phenoxy) is 1. The van der Waals surface area contributed by atoms with Gasteiger partial charge in [0.15, 0.2) is 0 Å². The van der Waals surface area contributed by atoms with E-state index in [1.54, 1.807) is 67.2 Å². The van der Waals surface area contributed by atoms with Crippen molar-refractivity contribution < 1.29 is 19.4 Å². The van der Waals surface area contributed by atoms with Crippen LogP contribution in [-0.2, 0) is 0 Å². The van der Waals surface area contributed by atoms with Gasteiger partial charge in [0.1, 0.15) is 17.0 Å². The van der Waals surface area contributed by atoms with Crippen LogP contribution in [0.5, 0.6) is 5.75 Å². The molecule has 7 heteroatoms. The van der Waals surface area contributed by atoms with E-state index in [1.807, 2.05) is 30.3 Å². The third-order valence-electron chi connectivity index (χ3n) is 5.08. The summed E-state index contributed by atoms with van der Waals surface area (Å²) in [6.45, 7) is 1.72. The summed E-state index contributed by atoms with van der Waals surface area (Å²) in [6, 6.07) is 23.1. The number of hydrogen-bond donors (Lipinski definition) is 2. The molecule has 2 N–H and O–H groups in total. The average Bonchev–Trinajstić information content (AvgIpc) is 3.17. The highest BCUT2D eigenvalue weighted by Gasteiger charge is 2.23. The highest BCUT2D eigenvalue weighted by atomic mass is 16.5. The van der Waals surface area contributed by atoms with Gasteiger partial charge in [-0.05, 0) is 55.5 Å². The molecule has 0 saturated heterocycles. The van der Waals surface area contributed by atoms with E-state index < -0.39 is 5.97 Å². The van der Waals surface area contributed by atoms with Crippen LogP contribution in [0, 0.1) is 6.92 Å². The summed E-state index contributed by atoms with van der Waals surface area (Å²) in [6.07, 6.45) is 0. The van der Waals surface area contributed by atoms with Crippen molar-refractivity contribution in [2.75, 3.05) is 12.4 Å². The van der Waals surface area contributed by atoms with Gasteiger partial charge in [0, 0.05) is 16.8 Å². The third-order valence-corrected chi connectivity index (χ3v) is 5.08. The Bertz CT molecular complexity index is 1280. The Morgan fingerprint density at radius 2 is 1.69 bits per heavy atom. The number of benzene rings is 3. The standard InChI is InChI=1S/C25H21N3O4/c1-16-22(25(30)31)23(27-28(16)20-9-4-3-5-10-20)18-7-6-8-19(15-18)26-24(29)17-11-13-21(32-2)14-12-17/h3-15H,1-2H3,(H,26,29)(H,30,31). The zero-order valence-electron chi connectivity index (χ0n) is 17.6. The van der Waals surface area contributed by atoms with E-state index in [2.05, 4.69) is 10.4 Å². The Balaban J connectivity index is 1.68. The van der Waals surface area contributed by atoms with Gasteiger partial charge in [-0.25, -0.2) is 9.48 Å². The predicted octanol–water partition coefficient (Wildman–Crippen LogP) is 4.81. The lowest BCUT2D eigenvalue weighted by Crippen LogP contribution is -2.11. The van der Waals surface area contributed by atoms with Crippen molar-refractivity contribution in [2.24, 2.45) is 0 Å². The fourth-order valence-corrected chi connectivity index (χ4v) is 3.47. The minimum Gasteiger partial charge on any atom is -0.497 e. The molecule has 1 amide bonds. The first kappa shape index (κ1) is 20.9. The van der Waals surface area contributed by atoms with Crippen LogP contribution in [-0.4, -0.2) is 33.9 Å². The molecule has 0 aliphatic heterocycles. The van der Waals surface area contributed by atoms with Crippen LogP contribution in [0.15, 0.2) is 78.9 Å². The summed E-state index contributed by atoms with van der Waals surface area (Å²) in [5.74, 6) is -0.685. The monoisotopic (exact) mass is 427 g/mol. The highest BCUT2D eigenvalue weighted by Crippen LogP contribution is 2.29. The van der Waals surface area contributed by atoms with Crippen LogP contribution in [0.3, 0.4) is 0 Å². The number of anilines is 1. The van der Waals surface area contributed by atoms with Crippen molar-refractivity contribution in [1.29, 1.82) is 0 Å². The largest absolute Gasteiger partial charge is 0.497 e. The zero-order valence-corrected chi connectivity index (χ0v) is 17.6. The fourth-order valence-electron chi connectivity index (χ4n) is 3.47. The van der Waals surface area contributed by atoms with Crippen LogP contribution < -0.4 is 10.1 Å². The van der Waals surface area contributed by atoms with Crippen LogP contribution in [0.25, 0.3) is 16.9 Å². The molecule has 160 valence electrons. The molecule has 0 spiro atoms. The minimum absolute atomic E-state index is 0.118. The van der Waals surface area contributed by atoms with Crippen molar-refractivity contribution in [3.05, 3.63) is 95.7 Å². The van der Waals surface area contributed by atoms with E-state index in [0.717, 1.165) is 5.69 Å². The van der Waals surface area contributed by atoms with Gasteiger partial charge in [-0.2, -0.15) is 5.10 Å². The number of carboxylic acid groups (broad SMARTS) is 1. The molecule has 0 radical (unpaired) electrons. The van der Waals surface area contributed by atoms with Crippen molar-refractivity contribution in [3.8, 4) is 22.7 Å². The van der Waals surface area contributed by atoms with Gasteiger partial charge in [0.2, 0.25) is 0 Å². The number of carbonyl (C=O) groups is 2. The number of amides is 1. The second kappa shape index (κ2) is 8.77. The van der Waals surface area contributed by atoms with Crippen molar-refractivity contribution in [2.45, 2.75) is 6.92 Å². The van der Waals surface area contributed by atoms with E-state index in [-0.39, 0.29) is 11.5 Å². The molecule has 7 nitrogen and oxygen atoms in total. The summed E-state index contributed by atoms with van der Waals surface area (Å²) >= 11 is 0. The van der Waals surface area contributed by atoms with Crippen LogP contribution in [0.4, 0.5) is 5.69 Å². The maximum atomic E-state index is 12.6. The van der Waals surface area contributed by atoms with E-state index in [4.69, 9.17) is 4.74 Å². The molecule has 0 fully saturated rings. The molecule has 32 heavy (non-hydrogen) atoms. The first-order valence-electron chi connectivity index (χ1n) is 9.92. The second-order valence-corrected chi connectivity index (χ2v) is 7.12. The first-order chi connectivity index (χ1) is 15.5. The van der Waals surface area contributed by atoms with Crippen molar-refractivity contribution >= 4 is 17.6 Å². The minimum atomic E-state index is -1.06. The Morgan fingerprint density at radius 3 is 2.34 bits per heavy atom. The predicted molar refractivity (Wildman–Crippen MR) is 122 cm³/mol. The number of para-hydroxylation sites is 1. The second-order valence-electron chi connectivity index (χ2n) is 7.12. The summed E-state index contributed by atoms with van der Waals surface area (Å²) in [5.41, 5.74) is 3.34. The topological polar surface area (TPSA) is 93.5 Å². The fraction of sp³-hybridized carbons (Fsp3) is 0.0800. The molecule has 1 heterocycles. The summed E-state index contributed by atoms with van der Waals surface area (Å²) < 4.78 is 6.73. The lowest BCUT2D eigenvalue weighted by Gasteiger charge is -2.08. The van der Waals surface area contributed by atoms with Gasteiger partial charge in [0.05, 0.1) is 18.5 Å². The zero-order chi connectivity index (χ0) is 22.7. The van der Waals surface area contributed by atoms with E-state index in [1.165, 1.54) is 0 Å². The number of carbonyl (C=O) groups excluding carboxylic acids is 1. The van der Waals surface area contributed by atoms with Crippen LogP contribution in [0.2, 0.25) is 0 Å². The lowest BCUT2D eigenvalue weighted by molar-refractivity contribution is 0.0696. The maximum Gasteiger partial charge on any atom is 0.339 e. The highest BCUT2D eigenvalue weighted by molar-refractivity contribution is 6.04. The number of aromatic carboxylic acids is 1. The number of methoxy groups -OCH3 is 1. The van der Waals surface area contributed by atoms with Crippen molar-refractivity contribution in [1.82, 2.24) is 9.78 Å². The summed E-state index contributed by atoms with van der Waals surface area (Å²) in [7, 11) is 1.56. The molecule has 0 aliphatic carbocycles. The number of nitrogens with one attached hydrogen (secondary N) is 1. The Morgan fingerprint density at radius 1 is 0.969 bits per heavy atom. The Labute approximate surface area is 184 Å². The molecule has 4 rings (SSSR count). The molecule has 0 aliphatic rings. The smallest absolute Gasteiger partial charge is 0.339 e. The van der Waals surface area contributed by atoms with Crippen LogP contribution >= 0.6 is 0 Å². The van der Waals surface area contributed by atoms with Gasteiger partial charge in [-0.1, -0.05) is 30.3 Å². The number of nitrogens with zero attached hydrogens (tertiary/aromatic N) is 2. The third kappa shape index (κ3) is 4.09. The average molecular weight is 427 g/mol. The molecule has 3 aromatic carbocycles. The molecular weight excluding hydrogens is 406 g/mol. The lowest BCUT2D eigenvalue weighted by atomic mass is 10.1. The number of aromatic nitrogens is 2. The quantitative estimate of drug-likeness (QED) is 0.461. The van der Waals surface area contributed by atoms with Gasteiger partial charge < -0.3 is 15.2 Å². The number of carboxylic acids is 1. The Kier molecular flexibility index (Phi) is 5.72. The molecule has 0 atom stereocenters. The summed E-state index contributed by atoms with van der Waals surface area (Å²) in [4.78, 5) is 24.6. The van der Waals surface area contributed by atoms with Gasteiger partial charge in [-0.15, -0.1) is 0 Å². The molecule has 4 aromatic rings.